The van der Waals surface area contributed by atoms with Crippen molar-refractivity contribution in [2.75, 3.05) is 26.1 Å². The molecule has 0 aliphatic heterocycles. The number of hydrogen-bond donors (Lipinski definition) is 1. The number of nitrogens with zero attached hydrogens (tertiary/aromatic N) is 1. The number of hydrogen-bond acceptors (Lipinski definition) is 4. The molecular formula is C19H22N2O4. The van der Waals surface area contributed by atoms with E-state index in [-0.39, 0.29) is 11.8 Å². The summed E-state index contributed by atoms with van der Waals surface area (Å²) in [5.41, 5.74) is 1.13. The molecule has 2 rings (SSSR count). The summed E-state index contributed by atoms with van der Waals surface area (Å²) >= 11 is 0. The highest BCUT2D eigenvalue weighted by Gasteiger charge is 2.11. The van der Waals surface area contributed by atoms with E-state index in [1.807, 2.05) is 30.3 Å². The lowest BCUT2D eigenvalue weighted by atomic mass is 10.2. The van der Waals surface area contributed by atoms with E-state index in [2.05, 4.69) is 5.32 Å². The lowest BCUT2D eigenvalue weighted by molar-refractivity contribution is -0.116. The molecule has 0 bridgehead atoms. The van der Waals surface area contributed by atoms with Crippen LogP contribution in [0.4, 0.5) is 5.69 Å². The van der Waals surface area contributed by atoms with Gasteiger partial charge in [-0.15, -0.1) is 0 Å². The number of amides is 2. The monoisotopic (exact) mass is 342 g/mol. The van der Waals surface area contributed by atoms with Gasteiger partial charge in [-0.05, 0) is 42.8 Å². The molecule has 132 valence electrons. The molecule has 0 spiro atoms. The number of nitrogens with one attached hydrogen (secondary N) is 1. The highest BCUT2D eigenvalue weighted by Crippen LogP contribution is 2.12. The van der Waals surface area contributed by atoms with Gasteiger partial charge >= 0.3 is 0 Å². The molecule has 0 fully saturated rings. The van der Waals surface area contributed by atoms with Crippen LogP contribution in [-0.2, 0) is 9.63 Å². The van der Waals surface area contributed by atoms with E-state index in [9.17, 15) is 9.59 Å². The maximum Gasteiger partial charge on any atom is 0.277 e. The van der Waals surface area contributed by atoms with Crippen molar-refractivity contribution >= 4 is 17.5 Å². The van der Waals surface area contributed by atoms with Gasteiger partial charge in [0.25, 0.3) is 5.91 Å². The zero-order valence-electron chi connectivity index (χ0n) is 14.4. The Labute approximate surface area is 147 Å². The van der Waals surface area contributed by atoms with Gasteiger partial charge in [-0.2, -0.15) is 0 Å². The number of anilines is 1. The van der Waals surface area contributed by atoms with E-state index in [1.165, 1.54) is 14.2 Å². The molecule has 0 heterocycles. The first-order valence-corrected chi connectivity index (χ1v) is 8.00. The van der Waals surface area contributed by atoms with Crippen LogP contribution in [0.15, 0.2) is 54.6 Å². The van der Waals surface area contributed by atoms with Crippen molar-refractivity contribution in [1.29, 1.82) is 0 Å². The average molecular weight is 342 g/mol. The van der Waals surface area contributed by atoms with Crippen molar-refractivity contribution in [3.63, 3.8) is 0 Å². The maximum atomic E-state index is 11.9. The molecule has 0 aliphatic carbocycles. The fourth-order valence-electron chi connectivity index (χ4n) is 2.12. The minimum absolute atomic E-state index is 0.0928. The van der Waals surface area contributed by atoms with E-state index >= 15 is 0 Å². The Bertz CT molecular complexity index is 686. The zero-order valence-corrected chi connectivity index (χ0v) is 14.4. The van der Waals surface area contributed by atoms with Gasteiger partial charge in [0, 0.05) is 24.7 Å². The van der Waals surface area contributed by atoms with E-state index < -0.39 is 0 Å². The molecule has 0 saturated heterocycles. The Balaban J connectivity index is 1.74. The molecule has 2 amide bonds. The molecule has 25 heavy (non-hydrogen) atoms. The molecule has 0 atom stereocenters. The Kier molecular flexibility index (Phi) is 6.98. The first-order valence-electron chi connectivity index (χ1n) is 8.00. The first-order chi connectivity index (χ1) is 12.1. The third-order valence-electron chi connectivity index (χ3n) is 3.54. The quantitative estimate of drug-likeness (QED) is 0.591. The van der Waals surface area contributed by atoms with Gasteiger partial charge in [0.15, 0.2) is 0 Å². The fourth-order valence-corrected chi connectivity index (χ4v) is 2.12. The van der Waals surface area contributed by atoms with Crippen molar-refractivity contribution in [1.82, 2.24) is 5.06 Å². The van der Waals surface area contributed by atoms with Crippen molar-refractivity contribution in [3.8, 4) is 5.75 Å². The Morgan fingerprint density at radius 2 is 1.72 bits per heavy atom. The van der Waals surface area contributed by atoms with Crippen molar-refractivity contribution in [3.05, 3.63) is 60.2 Å². The summed E-state index contributed by atoms with van der Waals surface area (Å²) in [5, 5.41) is 3.94. The Hall–Kier alpha value is -2.86. The minimum atomic E-state index is -0.251. The molecule has 6 heteroatoms. The summed E-state index contributed by atoms with van der Waals surface area (Å²) in [6.07, 6.45) is 0.982. The van der Waals surface area contributed by atoms with Crippen LogP contribution in [0, 0.1) is 0 Å². The number of carbonyl (C=O) groups is 2. The zero-order chi connectivity index (χ0) is 18.1. The topological polar surface area (TPSA) is 67.9 Å². The largest absolute Gasteiger partial charge is 0.494 e. The smallest absolute Gasteiger partial charge is 0.277 e. The summed E-state index contributed by atoms with van der Waals surface area (Å²) in [5.74, 6) is 0.451. The van der Waals surface area contributed by atoms with E-state index in [1.54, 1.807) is 24.3 Å². The summed E-state index contributed by atoms with van der Waals surface area (Å²) < 4.78 is 5.55. The van der Waals surface area contributed by atoms with Gasteiger partial charge in [-0.3, -0.25) is 14.4 Å². The molecule has 2 aromatic carbocycles. The SMILES string of the molecule is CON(C)C(=O)c1ccc(NC(=O)CCCOc2ccccc2)cc1. The van der Waals surface area contributed by atoms with Crippen LogP contribution in [0.2, 0.25) is 0 Å². The number of carbonyl (C=O) groups excluding carboxylic acids is 2. The van der Waals surface area contributed by atoms with Crippen LogP contribution in [0.3, 0.4) is 0 Å². The van der Waals surface area contributed by atoms with Crippen LogP contribution in [0.5, 0.6) is 5.75 Å². The molecule has 6 nitrogen and oxygen atoms in total. The lowest BCUT2D eigenvalue weighted by Gasteiger charge is -2.13. The van der Waals surface area contributed by atoms with Crippen molar-refractivity contribution < 1.29 is 19.2 Å². The molecule has 2 aromatic rings. The fraction of sp³-hybridized carbons (Fsp3) is 0.263. The van der Waals surface area contributed by atoms with Gasteiger partial charge < -0.3 is 10.1 Å². The molecule has 0 unspecified atom stereocenters. The average Bonchev–Trinajstić information content (AvgIpc) is 2.65. The van der Waals surface area contributed by atoms with Gasteiger partial charge in [0.1, 0.15) is 5.75 Å². The lowest BCUT2D eigenvalue weighted by Crippen LogP contribution is -2.25. The minimum Gasteiger partial charge on any atom is -0.494 e. The predicted molar refractivity (Wildman–Crippen MR) is 95.3 cm³/mol. The Morgan fingerprint density at radius 1 is 1.04 bits per heavy atom. The maximum absolute atomic E-state index is 11.9. The highest BCUT2D eigenvalue weighted by atomic mass is 16.7. The van der Waals surface area contributed by atoms with E-state index in [0.717, 1.165) is 10.8 Å². The van der Waals surface area contributed by atoms with Crippen LogP contribution in [0.25, 0.3) is 0 Å². The van der Waals surface area contributed by atoms with Gasteiger partial charge in [0.05, 0.1) is 13.7 Å². The predicted octanol–water partition coefficient (Wildman–Crippen LogP) is 3.12. The molecule has 0 radical (unpaired) electrons. The standard InChI is InChI=1S/C19H22N2O4/c1-21(24-2)19(23)15-10-12-16(13-11-15)20-18(22)9-6-14-25-17-7-4-3-5-8-17/h3-5,7-8,10-13H,6,9,14H2,1-2H3,(H,20,22). The number of hydroxylamine groups is 2. The Morgan fingerprint density at radius 3 is 2.36 bits per heavy atom. The second-order valence-electron chi connectivity index (χ2n) is 5.38. The van der Waals surface area contributed by atoms with Gasteiger partial charge in [0.2, 0.25) is 5.91 Å². The highest BCUT2D eigenvalue weighted by molar-refractivity contribution is 5.95. The number of benzene rings is 2. The molecule has 0 aromatic heterocycles. The second kappa shape index (κ2) is 9.44. The third-order valence-corrected chi connectivity index (χ3v) is 3.54. The summed E-state index contributed by atoms with van der Waals surface area (Å²) in [6.45, 7) is 0.480. The molecule has 0 saturated carbocycles. The van der Waals surface area contributed by atoms with Crippen LogP contribution in [-0.4, -0.2) is 37.6 Å². The first kappa shape index (κ1) is 18.5. The van der Waals surface area contributed by atoms with E-state index in [0.29, 0.717) is 30.7 Å². The molecular weight excluding hydrogens is 320 g/mol. The van der Waals surface area contributed by atoms with E-state index in [4.69, 9.17) is 9.57 Å². The summed E-state index contributed by atoms with van der Waals surface area (Å²) in [4.78, 5) is 28.7. The van der Waals surface area contributed by atoms with Gasteiger partial charge in [-0.1, -0.05) is 18.2 Å². The van der Waals surface area contributed by atoms with Crippen LogP contribution in [0.1, 0.15) is 23.2 Å². The van der Waals surface area contributed by atoms with Crippen molar-refractivity contribution in [2.45, 2.75) is 12.8 Å². The second-order valence-corrected chi connectivity index (χ2v) is 5.38. The normalized spacial score (nSPS) is 10.2. The third kappa shape index (κ3) is 5.93. The van der Waals surface area contributed by atoms with Crippen LogP contribution >= 0.6 is 0 Å². The van der Waals surface area contributed by atoms with Crippen LogP contribution < -0.4 is 10.1 Å². The number of ether oxygens (including phenoxy) is 1. The number of para-hydroxylation sites is 1. The molecule has 1 N–H and O–H groups in total. The number of rotatable bonds is 8. The van der Waals surface area contributed by atoms with Gasteiger partial charge in [-0.25, -0.2) is 5.06 Å². The summed E-state index contributed by atoms with van der Waals surface area (Å²) in [7, 11) is 2.96. The summed E-state index contributed by atoms with van der Waals surface area (Å²) in [6, 6.07) is 16.2. The molecule has 0 aliphatic rings. The van der Waals surface area contributed by atoms with Crippen molar-refractivity contribution in [2.24, 2.45) is 0 Å².